The van der Waals surface area contributed by atoms with Crippen molar-refractivity contribution in [2.24, 2.45) is 0 Å². The van der Waals surface area contributed by atoms with E-state index in [0.29, 0.717) is 16.3 Å². The van der Waals surface area contributed by atoms with Crippen LogP contribution in [0, 0.1) is 11.6 Å². The minimum absolute atomic E-state index is 0.273. The molecule has 122 valence electrons. The Hall–Kier alpha value is -2.73. The summed E-state index contributed by atoms with van der Waals surface area (Å²) < 4.78 is 31.5. The second-order valence-corrected chi connectivity index (χ2v) is 5.94. The molecule has 0 saturated carbocycles. The summed E-state index contributed by atoms with van der Waals surface area (Å²) in [6, 6.07) is 13.1. The number of hydrogen-bond acceptors (Lipinski definition) is 3. The van der Waals surface area contributed by atoms with E-state index >= 15 is 0 Å². The van der Waals surface area contributed by atoms with E-state index in [1.165, 1.54) is 41.7 Å². The second kappa shape index (κ2) is 7.23. The number of nitrogens with one attached hydrogen (secondary N) is 1. The van der Waals surface area contributed by atoms with Gasteiger partial charge in [0.1, 0.15) is 24.0 Å². The summed E-state index contributed by atoms with van der Waals surface area (Å²) in [6.45, 7) is 0.273. The molecule has 0 fully saturated rings. The van der Waals surface area contributed by atoms with Gasteiger partial charge in [-0.3, -0.25) is 4.79 Å². The van der Waals surface area contributed by atoms with Crippen LogP contribution in [0.1, 0.15) is 15.2 Å². The van der Waals surface area contributed by atoms with Crippen LogP contribution < -0.4 is 10.1 Å². The number of halogens is 2. The Morgan fingerprint density at radius 3 is 2.58 bits per heavy atom. The molecule has 1 amide bonds. The first-order chi connectivity index (χ1) is 11.6. The fourth-order valence-electron chi connectivity index (χ4n) is 2.03. The summed E-state index contributed by atoms with van der Waals surface area (Å²) in [5, 5.41) is 4.45. The highest BCUT2D eigenvalue weighted by molar-refractivity contribution is 7.12. The number of carbonyl (C=O) groups excluding carboxylic acids is 1. The van der Waals surface area contributed by atoms with Gasteiger partial charge < -0.3 is 10.1 Å². The van der Waals surface area contributed by atoms with Gasteiger partial charge in [-0.15, -0.1) is 11.3 Å². The third-order valence-electron chi connectivity index (χ3n) is 3.18. The standard InChI is InChI=1S/C18H13F2NO2S/c19-13-4-6-16(7-5-13)23-10-12-8-17(24-11-12)18(22)21-15-3-1-2-14(20)9-15/h1-9,11H,10H2,(H,21,22). The Bertz CT molecular complexity index is 846. The zero-order valence-corrected chi connectivity index (χ0v) is 13.3. The molecule has 0 radical (unpaired) electrons. The van der Waals surface area contributed by atoms with E-state index < -0.39 is 5.82 Å². The molecule has 0 aliphatic heterocycles. The Kier molecular flexibility index (Phi) is 4.86. The first-order valence-electron chi connectivity index (χ1n) is 7.13. The highest BCUT2D eigenvalue weighted by Gasteiger charge is 2.10. The molecular formula is C18H13F2NO2S. The van der Waals surface area contributed by atoms with Crippen LogP contribution in [0.3, 0.4) is 0 Å². The quantitative estimate of drug-likeness (QED) is 0.717. The van der Waals surface area contributed by atoms with Gasteiger partial charge in [0.2, 0.25) is 0 Å². The van der Waals surface area contributed by atoms with Crippen molar-refractivity contribution in [3.05, 3.63) is 82.1 Å². The largest absolute Gasteiger partial charge is 0.489 e. The lowest BCUT2D eigenvalue weighted by Gasteiger charge is -2.04. The number of thiophene rings is 1. The Balaban J connectivity index is 1.60. The predicted octanol–water partition coefficient (Wildman–Crippen LogP) is 4.86. The summed E-state index contributed by atoms with van der Waals surface area (Å²) >= 11 is 1.27. The van der Waals surface area contributed by atoms with Crippen LogP contribution in [0.2, 0.25) is 0 Å². The molecule has 0 aliphatic rings. The average Bonchev–Trinajstić information content (AvgIpc) is 3.03. The van der Waals surface area contributed by atoms with Crippen molar-refractivity contribution < 1.29 is 18.3 Å². The van der Waals surface area contributed by atoms with E-state index in [0.717, 1.165) is 5.56 Å². The van der Waals surface area contributed by atoms with E-state index in [-0.39, 0.29) is 18.3 Å². The molecule has 3 nitrogen and oxygen atoms in total. The molecule has 0 aliphatic carbocycles. The molecule has 1 aromatic heterocycles. The Morgan fingerprint density at radius 2 is 1.83 bits per heavy atom. The van der Waals surface area contributed by atoms with Crippen molar-refractivity contribution in [2.45, 2.75) is 6.61 Å². The maximum Gasteiger partial charge on any atom is 0.265 e. The molecule has 0 atom stereocenters. The number of anilines is 1. The SMILES string of the molecule is O=C(Nc1cccc(F)c1)c1cc(COc2ccc(F)cc2)cs1. The summed E-state index contributed by atoms with van der Waals surface area (Å²) in [5.41, 5.74) is 1.23. The highest BCUT2D eigenvalue weighted by atomic mass is 32.1. The lowest BCUT2D eigenvalue weighted by molar-refractivity contribution is 0.103. The third kappa shape index (κ3) is 4.17. The maximum atomic E-state index is 13.1. The molecule has 6 heteroatoms. The van der Waals surface area contributed by atoms with Crippen LogP contribution in [0.25, 0.3) is 0 Å². The van der Waals surface area contributed by atoms with Crippen molar-refractivity contribution in [1.29, 1.82) is 0 Å². The fraction of sp³-hybridized carbons (Fsp3) is 0.0556. The molecule has 3 aromatic rings. The molecule has 3 rings (SSSR count). The van der Waals surface area contributed by atoms with E-state index in [1.807, 2.05) is 5.38 Å². The van der Waals surface area contributed by atoms with Crippen molar-refractivity contribution >= 4 is 22.9 Å². The smallest absolute Gasteiger partial charge is 0.265 e. The molecule has 1 heterocycles. The Labute approximate surface area is 141 Å². The highest BCUT2D eigenvalue weighted by Crippen LogP contribution is 2.20. The van der Waals surface area contributed by atoms with E-state index in [1.54, 1.807) is 24.3 Å². The first kappa shape index (κ1) is 16.1. The van der Waals surface area contributed by atoms with Crippen LogP contribution >= 0.6 is 11.3 Å². The van der Waals surface area contributed by atoms with Crippen LogP contribution in [0.15, 0.2) is 60.0 Å². The molecule has 0 bridgehead atoms. The van der Waals surface area contributed by atoms with E-state index in [9.17, 15) is 13.6 Å². The summed E-state index contributed by atoms with van der Waals surface area (Å²) in [7, 11) is 0. The van der Waals surface area contributed by atoms with Crippen LogP contribution in [-0.2, 0) is 6.61 Å². The van der Waals surface area contributed by atoms with Gasteiger partial charge in [-0.05, 0) is 53.9 Å². The number of rotatable bonds is 5. The lowest BCUT2D eigenvalue weighted by atomic mass is 10.3. The van der Waals surface area contributed by atoms with Gasteiger partial charge in [0.15, 0.2) is 0 Å². The third-order valence-corrected chi connectivity index (χ3v) is 4.16. The predicted molar refractivity (Wildman–Crippen MR) is 89.4 cm³/mol. The number of carbonyl (C=O) groups is 1. The molecule has 0 unspecified atom stereocenters. The molecular weight excluding hydrogens is 332 g/mol. The van der Waals surface area contributed by atoms with Gasteiger partial charge in [-0.1, -0.05) is 6.07 Å². The van der Waals surface area contributed by atoms with Crippen LogP contribution in [0.4, 0.5) is 14.5 Å². The van der Waals surface area contributed by atoms with Gasteiger partial charge in [0, 0.05) is 11.3 Å². The number of benzene rings is 2. The maximum absolute atomic E-state index is 13.1. The average molecular weight is 345 g/mol. The summed E-state index contributed by atoms with van der Waals surface area (Å²) in [6.07, 6.45) is 0. The van der Waals surface area contributed by atoms with Crippen molar-refractivity contribution in [1.82, 2.24) is 0 Å². The van der Waals surface area contributed by atoms with E-state index in [2.05, 4.69) is 5.32 Å². The van der Waals surface area contributed by atoms with Crippen LogP contribution in [-0.4, -0.2) is 5.91 Å². The van der Waals surface area contributed by atoms with Gasteiger partial charge in [-0.25, -0.2) is 8.78 Å². The molecule has 24 heavy (non-hydrogen) atoms. The normalized spacial score (nSPS) is 10.4. The first-order valence-corrected chi connectivity index (χ1v) is 8.01. The number of hydrogen-bond donors (Lipinski definition) is 1. The number of ether oxygens (including phenoxy) is 1. The van der Waals surface area contributed by atoms with Gasteiger partial charge >= 0.3 is 0 Å². The number of amides is 1. The monoisotopic (exact) mass is 345 g/mol. The topological polar surface area (TPSA) is 38.3 Å². The Morgan fingerprint density at radius 1 is 1.04 bits per heavy atom. The summed E-state index contributed by atoms with van der Waals surface area (Å²) in [5.74, 6) is -0.492. The minimum atomic E-state index is -0.410. The van der Waals surface area contributed by atoms with Gasteiger partial charge in [0.25, 0.3) is 5.91 Å². The second-order valence-electron chi connectivity index (χ2n) is 5.03. The molecule has 2 aromatic carbocycles. The van der Waals surface area contributed by atoms with Crippen molar-refractivity contribution in [3.63, 3.8) is 0 Å². The van der Waals surface area contributed by atoms with Crippen molar-refractivity contribution in [2.75, 3.05) is 5.32 Å². The van der Waals surface area contributed by atoms with Gasteiger partial charge in [0.05, 0.1) is 4.88 Å². The zero-order chi connectivity index (χ0) is 16.9. The van der Waals surface area contributed by atoms with Crippen LogP contribution in [0.5, 0.6) is 5.75 Å². The van der Waals surface area contributed by atoms with E-state index in [4.69, 9.17) is 4.74 Å². The van der Waals surface area contributed by atoms with Crippen molar-refractivity contribution in [3.8, 4) is 5.75 Å². The molecule has 1 N–H and O–H groups in total. The lowest BCUT2D eigenvalue weighted by Crippen LogP contribution is -2.10. The summed E-state index contributed by atoms with van der Waals surface area (Å²) in [4.78, 5) is 12.6. The van der Waals surface area contributed by atoms with Gasteiger partial charge in [-0.2, -0.15) is 0 Å². The molecule has 0 saturated heterocycles. The molecule has 0 spiro atoms. The fourth-order valence-corrected chi connectivity index (χ4v) is 2.82. The minimum Gasteiger partial charge on any atom is -0.489 e. The zero-order valence-electron chi connectivity index (χ0n) is 12.5.